The summed E-state index contributed by atoms with van der Waals surface area (Å²) < 4.78 is 5.75. The number of ether oxygens (including phenoxy) is 1. The van der Waals surface area contributed by atoms with Crippen LogP contribution in [0.1, 0.15) is 31.5 Å². The van der Waals surface area contributed by atoms with Gasteiger partial charge in [0.15, 0.2) is 5.82 Å². The summed E-state index contributed by atoms with van der Waals surface area (Å²) >= 11 is 6.00. The maximum atomic E-state index is 6.00. The van der Waals surface area contributed by atoms with Crippen LogP contribution in [0.25, 0.3) is 0 Å². The molecule has 118 valence electrons. The van der Waals surface area contributed by atoms with E-state index in [1.54, 1.807) is 6.92 Å². The van der Waals surface area contributed by atoms with Crippen molar-refractivity contribution in [2.24, 2.45) is 0 Å². The molecule has 7 heteroatoms. The quantitative estimate of drug-likeness (QED) is 0.762. The number of aromatic nitrogens is 3. The topological polar surface area (TPSA) is 86.0 Å². The van der Waals surface area contributed by atoms with E-state index in [1.807, 2.05) is 30.3 Å². The highest BCUT2D eigenvalue weighted by Gasteiger charge is 2.13. The number of halogens is 1. The second-order valence-electron chi connectivity index (χ2n) is 4.86. The lowest BCUT2D eigenvalue weighted by Gasteiger charge is -2.18. The Morgan fingerprint density at radius 1 is 1.23 bits per heavy atom. The van der Waals surface area contributed by atoms with Crippen LogP contribution in [-0.4, -0.2) is 27.6 Å². The molecule has 2 atom stereocenters. The molecule has 3 N–H and O–H groups in total. The molecule has 0 saturated carbocycles. The van der Waals surface area contributed by atoms with E-state index in [-0.39, 0.29) is 17.4 Å². The molecule has 1 aromatic heterocycles. The number of rotatable bonds is 7. The van der Waals surface area contributed by atoms with Crippen LogP contribution in [-0.2, 0) is 0 Å². The van der Waals surface area contributed by atoms with Crippen LogP contribution >= 0.6 is 11.6 Å². The molecule has 0 aliphatic rings. The number of hydrogen-bond acceptors (Lipinski definition) is 6. The van der Waals surface area contributed by atoms with Gasteiger partial charge >= 0.3 is 0 Å². The smallest absolute Gasteiger partial charge is 0.228 e. The van der Waals surface area contributed by atoms with Crippen LogP contribution in [0.4, 0.5) is 11.9 Å². The van der Waals surface area contributed by atoms with Gasteiger partial charge in [-0.2, -0.15) is 15.0 Å². The van der Waals surface area contributed by atoms with Gasteiger partial charge in [-0.3, -0.25) is 0 Å². The van der Waals surface area contributed by atoms with Gasteiger partial charge < -0.3 is 15.8 Å². The molecular weight excluding hydrogens is 302 g/mol. The van der Waals surface area contributed by atoms with E-state index in [0.717, 1.165) is 12.2 Å². The lowest BCUT2D eigenvalue weighted by atomic mass is 10.2. The van der Waals surface area contributed by atoms with Crippen LogP contribution in [0.5, 0.6) is 5.75 Å². The van der Waals surface area contributed by atoms with Gasteiger partial charge in [-0.05, 0) is 25.5 Å². The summed E-state index contributed by atoms with van der Waals surface area (Å²) in [5, 5.41) is 2.88. The maximum Gasteiger partial charge on any atom is 0.228 e. The Labute approximate surface area is 135 Å². The van der Waals surface area contributed by atoms with Crippen LogP contribution in [0.2, 0.25) is 0 Å². The molecule has 22 heavy (non-hydrogen) atoms. The summed E-state index contributed by atoms with van der Waals surface area (Å²) in [6, 6.07) is 9.71. The minimum absolute atomic E-state index is 0.0560. The molecule has 1 aromatic carbocycles. The summed E-state index contributed by atoms with van der Waals surface area (Å²) in [6.07, 6.45) is 0.851. The predicted molar refractivity (Wildman–Crippen MR) is 88.1 cm³/mol. The minimum atomic E-state index is -0.327. The molecule has 0 radical (unpaired) electrons. The summed E-state index contributed by atoms with van der Waals surface area (Å²) in [5.74, 6) is 1.85. The molecule has 0 amide bonds. The van der Waals surface area contributed by atoms with Gasteiger partial charge in [0.25, 0.3) is 0 Å². The molecule has 6 nitrogen and oxygen atoms in total. The highest BCUT2D eigenvalue weighted by molar-refractivity contribution is 6.20. The Morgan fingerprint density at radius 3 is 2.59 bits per heavy atom. The van der Waals surface area contributed by atoms with Gasteiger partial charge in [-0.1, -0.05) is 25.1 Å². The Balaban J connectivity index is 2.00. The fraction of sp³-hybridized carbons (Fsp3) is 0.400. The third-order valence-corrected chi connectivity index (χ3v) is 3.24. The van der Waals surface area contributed by atoms with E-state index >= 15 is 0 Å². The van der Waals surface area contributed by atoms with E-state index in [2.05, 4.69) is 27.2 Å². The zero-order valence-corrected chi connectivity index (χ0v) is 13.4. The van der Waals surface area contributed by atoms with Gasteiger partial charge in [0, 0.05) is 0 Å². The third kappa shape index (κ3) is 4.73. The van der Waals surface area contributed by atoms with Crippen molar-refractivity contribution in [2.45, 2.75) is 31.7 Å². The molecule has 2 unspecified atom stereocenters. The minimum Gasteiger partial charge on any atom is -0.491 e. The lowest BCUT2D eigenvalue weighted by Crippen LogP contribution is -2.28. The summed E-state index contributed by atoms with van der Waals surface area (Å²) in [4.78, 5) is 12.4. The first-order chi connectivity index (χ1) is 10.6. The van der Waals surface area contributed by atoms with Crippen molar-refractivity contribution in [3.63, 3.8) is 0 Å². The van der Waals surface area contributed by atoms with Crippen molar-refractivity contribution < 1.29 is 4.74 Å². The number of anilines is 2. The average molecular weight is 322 g/mol. The fourth-order valence-electron chi connectivity index (χ4n) is 1.81. The normalized spacial score (nSPS) is 13.4. The van der Waals surface area contributed by atoms with E-state index in [0.29, 0.717) is 18.4 Å². The Morgan fingerprint density at radius 2 is 1.95 bits per heavy atom. The summed E-state index contributed by atoms with van der Waals surface area (Å²) in [6.45, 7) is 4.34. The molecule has 0 bridgehead atoms. The monoisotopic (exact) mass is 321 g/mol. The number of hydrogen-bond donors (Lipinski definition) is 2. The maximum absolute atomic E-state index is 6.00. The van der Waals surface area contributed by atoms with Crippen molar-refractivity contribution in [2.75, 3.05) is 17.7 Å². The zero-order chi connectivity index (χ0) is 15.9. The van der Waals surface area contributed by atoms with Crippen molar-refractivity contribution in [3.05, 3.63) is 36.2 Å². The largest absolute Gasteiger partial charge is 0.491 e. The molecule has 0 aliphatic heterocycles. The van der Waals surface area contributed by atoms with Gasteiger partial charge in [-0.15, -0.1) is 11.6 Å². The van der Waals surface area contributed by atoms with Gasteiger partial charge in [0.2, 0.25) is 11.9 Å². The van der Waals surface area contributed by atoms with Crippen LogP contribution in [0, 0.1) is 0 Å². The molecule has 0 spiro atoms. The molecule has 1 heterocycles. The fourth-order valence-corrected chi connectivity index (χ4v) is 1.91. The molecule has 2 aromatic rings. The van der Waals surface area contributed by atoms with E-state index in [4.69, 9.17) is 22.1 Å². The number of para-hydroxylation sites is 1. The molecule has 2 rings (SSSR count). The van der Waals surface area contributed by atoms with Crippen LogP contribution in [0.15, 0.2) is 30.3 Å². The first kappa shape index (κ1) is 16.3. The second kappa shape index (κ2) is 7.79. The summed E-state index contributed by atoms with van der Waals surface area (Å²) in [7, 11) is 0. The van der Waals surface area contributed by atoms with Gasteiger partial charge in [0.05, 0.1) is 11.4 Å². The summed E-state index contributed by atoms with van der Waals surface area (Å²) in [5.41, 5.74) is 5.69. The van der Waals surface area contributed by atoms with Crippen molar-refractivity contribution in [1.29, 1.82) is 0 Å². The molecule has 0 aliphatic carbocycles. The number of benzene rings is 1. The molecule has 0 fully saturated rings. The Bertz CT molecular complexity index is 594. The second-order valence-corrected chi connectivity index (χ2v) is 5.52. The van der Waals surface area contributed by atoms with Crippen molar-refractivity contribution in [1.82, 2.24) is 15.0 Å². The van der Waals surface area contributed by atoms with E-state index in [1.165, 1.54) is 0 Å². The standard InChI is InChI=1S/C15H20ClN5O/c1-3-11(9-22-12-7-5-4-6-8-12)18-15-20-13(10(2)16)19-14(17)21-15/h4-8,10-11H,3,9H2,1-2H3,(H3,17,18,19,20,21). The van der Waals surface area contributed by atoms with Crippen molar-refractivity contribution in [3.8, 4) is 5.75 Å². The average Bonchev–Trinajstić information content (AvgIpc) is 2.51. The Hall–Kier alpha value is -2.08. The third-order valence-electron chi connectivity index (χ3n) is 3.05. The number of nitrogens with zero attached hydrogens (tertiary/aromatic N) is 3. The number of alkyl halides is 1. The Kier molecular flexibility index (Phi) is 5.77. The van der Waals surface area contributed by atoms with Gasteiger partial charge in [0.1, 0.15) is 12.4 Å². The highest BCUT2D eigenvalue weighted by Crippen LogP contribution is 2.17. The van der Waals surface area contributed by atoms with Crippen molar-refractivity contribution >= 4 is 23.5 Å². The number of nitrogens with one attached hydrogen (secondary N) is 1. The zero-order valence-electron chi connectivity index (χ0n) is 12.7. The van der Waals surface area contributed by atoms with Crippen LogP contribution in [0.3, 0.4) is 0 Å². The van der Waals surface area contributed by atoms with E-state index < -0.39 is 0 Å². The first-order valence-electron chi connectivity index (χ1n) is 7.18. The first-order valence-corrected chi connectivity index (χ1v) is 7.62. The number of nitrogen functional groups attached to an aromatic ring is 1. The molecular formula is C15H20ClN5O. The molecule has 0 saturated heterocycles. The van der Waals surface area contributed by atoms with Crippen LogP contribution < -0.4 is 15.8 Å². The SMILES string of the molecule is CCC(COc1ccccc1)Nc1nc(N)nc(C(C)Cl)n1. The predicted octanol–water partition coefficient (Wildman–Crippen LogP) is 3.02. The van der Waals surface area contributed by atoms with Gasteiger partial charge in [-0.25, -0.2) is 0 Å². The van der Waals surface area contributed by atoms with E-state index in [9.17, 15) is 0 Å². The number of nitrogens with two attached hydrogens (primary N) is 1. The highest BCUT2D eigenvalue weighted by atomic mass is 35.5. The lowest BCUT2D eigenvalue weighted by molar-refractivity contribution is 0.293.